The average molecular weight is 495 g/mol. The molecule has 5 rings (SSSR count). The van der Waals surface area contributed by atoms with E-state index in [1.807, 2.05) is 12.2 Å². The molecular weight excluding hydrogens is 456 g/mol. The molecular formula is C30H38O4S. The predicted octanol–water partition coefficient (Wildman–Crippen LogP) is 5.61. The van der Waals surface area contributed by atoms with Gasteiger partial charge in [0.2, 0.25) is 0 Å². The fourth-order valence-corrected chi connectivity index (χ4v) is 7.81. The molecule has 1 aromatic rings. The number of benzene rings is 1. The Morgan fingerprint density at radius 3 is 2.71 bits per heavy atom. The van der Waals surface area contributed by atoms with Crippen LogP contribution in [0.15, 0.2) is 59.2 Å². The number of ether oxygens (including phenoxy) is 1. The second-order valence-corrected chi connectivity index (χ2v) is 11.9. The number of aliphatic hydroxyl groups is 2. The van der Waals surface area contributed by atoms with Gasteiger partial charge in [-0.05, 0) is 91.5 Å². The molecule has 0 aliphatic heterocycles. The summed E-state index contributed by atoms with van der Waals surface area (Å²) in [6.07, 6.45) is 13.6. The van der Waals surface area contributed by atoms with Gasteiger partial charge in [-0.25, -0.2) is 0 Å². The molecule has 4 aliphatic carbocycles. The summed E-state index contributed by atoms with van der Waals surface area (Å²) in [5, 5.41) is 21.3. The highest BCUT2D eigenvalue weighted by Gasteiger charge is 2.61. The van der Waals surface area contributed by atoms with Gasteiger partial charge in [0, 0.05) is 23.5 Å². The lowest BCUT2D eigenvalue weighted by molar-refractivity contribution is -0.114. The van der Waals surface area contributed by atoms with Crippen LogP contribution in [0.3, 0.4) is 0 Å². The van der Waals surface area contributed by atoms with Crippen molar-refractivity contribution in [1.82, 2.24) is 0 Å². The molecule has 35 heavy (non-hydrogen) atoms. The van der Waals surface area contributed by atoms with Crippen molar-refractivity contribution in [2.75, 3.05) is 25.2 Å². The Bertz CT molecular complexity index is 1050. The number of hydrogen-bond donors (Lipinski definition) is 2. The monoisotopic (exact) mass is 494 g/mol. The second-order valence-electron chi connectivity index (χ2n) is 11.0. The SMILES string of the molecule is CSCCOc1ccc([C@H]2C[C@@]3(C)[C@@H](CC[C@@]3(O)/C=C/CO)[C@@H]3CCC4=CC(=O)CCC4=C32)cc1. The molecule has 5 heteroatoms. The van der Waals surface area contributed by atoms with Gasteiger partial charge in [0.1, 0.15) is 5.75 Å². The number of carbonyl (C=O) groups is 1. The van der Waals surface area contributed by atoms with E-state index >= 15 is 0 Å². The maximum absolute atomic E-state index is 12.2. The topological polar surface area (TPSA) is 66.8 Å². The molecule has 0 heterocycles. The Morgan fingerprint density at radius 1 is 1.17 bits per heavy atom. The summed E-state index contributed by atoms with van der Waals surface area (Å²) in [7, 11) is 0. The Labute approximate surface area is 213 Å². The van der Waals surface area contributed by atoms with Gasteiger partial charge in [-0.1, -0.05) is 36.8 Å². The first kappa shape index (κ1) is 24.9. The third-order valence-electron chi connectivity index (χ3n) is 9.29. The molecule has 0 amide bonds. The van der Waals surface area contributed by atoms with E-state index < -0.39 is 5.60 Å². The Balaban J connectivity index is 1.57. The lowest BCUT2D eigenvalue weighted by Gasteiger charge is -2.54. The Kier molecular flexibility index (Phi) is 7.04. The highest BCUT2D eigenvalue weighted by atomic mass is 32.2. The third-order valence-corrected chi connectivity index (χ3v) is 9.86. The van der Waals surface area contributed by atoms with Gasteiger partial charge in [0.15, 0.2) is 5.78 Å². The predicted molar refractivity (Wildman–Crippen MR) is 142 cm³/mol. The van der Waals surface area contributed by atoms with Crippen LogP contribution in [0, 0.1) is 17.3 Å². The van der Waals surface area contributed by atoms with Crippen LogP contribution >= 0.6 is 11.8 Å². The molecule has 0 unspecified atom stereocenters. The summed E-state index contributed by atoms with van der Waals surface area (Å²) >= 11 is 1.78. The zero-order chi connectivity index (χ0) is 24.6. The average Bonchev–Trinajstić information content (AvgIpc) is 3.13. The number of ketones is 1. The molecule has 188 valence electrons. The first-order chi connectivity index (χ1) is 16.9. The van der Waals surface area contributed by atoms with Crippen molar-refractivity contribution >= 4 is 17.5 Å². The van der Waals surface area contributed by atoms with E-state index in [4.69, 9.17) is 4.74 Å². The minimum Gasteiger partial charge on any atom is -0.493 e. The number of allylic oxidation sites excluding steroid dienone is 4. The lowest BCUT2D eigenvalue weighted by Crippen LogP contribution is -2.50. The number of thioether (sulfide) groups is 1. The molecule has 5 atom stereocenters. The Hall–Kier alpha value is -1.82. The van der Waals surface area contributed by atoms with Crippen molar-refractivity contribution in [2.24, 2.45) is 17.3 Å². The van der Waals surface area contributed by atoms with Gasteiger partial charge in [-0.15, -0.1) is 0 Å². The summed E-state index contributed by atoms with van der Waals surface area (Å²) < 4.78 is 5.91. The number of rotatable bonds is 7. The fraction of sp³-hybridized carbons (Fsp3) is 0.567. The lowest BCUT2D eigenvalue weighted by atomic mass is 9.51. The smallest absolute Gasteiger partial charge is 0.156 e. The van der Waals surface area contributed by atoms with Crippen LogP contribution < -0.4 is 4.74 Å². The molecule has 1 aromatic carbocycles. The van der Waals surface area contributed by atoms with Gasteiger partial charge in [-0.2, -0.15) is 11.8 Å². The third kappa shape index (κ3) is 4.34. The zero-order valence-electron chi connectivity index (χ0n) is 21.0. The van der Waals surface area contributed by atoms with E-state index in [0.29, 0.717) is 24.9 Å². The van der Waals surface area contributed by atoms with Crippen LogP contribution in [0.4, 0.5) is 0 Å². The molecule has 0 bridgehead atoms. The summed E-state index contributed by atoms with van der Waals surface area (Å²) in [5.74, 6) is 3.16. The van der Waals surface area contributed by atoms with Crippen molar-refractivity contribution in [3.8, 4) is 5.75 Å². The summed E-state index contributed by atoms with van der Waals surface area (Å²) in [5.41, 5.74) is 4.31. The summed E-state index contributed by atoms with van der Waals surface area (Å²) in [6, 6.07) is 8.58. The van der Waals surface area contributed by atoms with Gasteiger partial charge < -0.3 is 14.9 Å². The van der Waals surface area contributed by atoms with E-state index in [1.165, 1.54) is 22.3 Å². The standard InChI is InChI=1S/C30H38O4S/c1-29-19-26(20-4-8-23(9-5-20)34-16-17-35-2)28-24-11-7-22(32)18-21(24)6-10-25(28)27(29)12-14-30(29,33)13-3-15-31/h3-5,8-9,13,18,25-27,31,33H,6-7,10-12,14-17,19H2,1-2H3/b13-3+/t25-,26+,27-,29-,30-/m0/s1. The largest absolute Gasteiger partial charge is 0.493 e. The molecule has 0 saturated heterocycles. The maximum atomic E-state index is 12.2. The molecule has 4 nitrogen and oxygen atoms in total. The quantitative estimate of drug-likeness (QED) is 0.381. The van der Waals surface area contributed by atoms with E-state index in [0.717, 1.165) is 50.0 Å². The van der Waals surface area contributed by atoms with Crippen molar-refractivity contribution in [3.63, 3.8) is 0 Å². The number of fused-ring (bicyclic) bond motifs is 4. The maximum Gasteiger partial charge on any atom is 0.156 e. The van der Waals surface area contributed by atoms with Crippen LogP contribution in [0.25, 0.3) is 0 Å². The highest BCUT2D eigenvalue weighted by Crippen LogP contribution is 2.67. The van der Waals surface area contributed by atoms with Gasteiger partial charge in [0.05, 0.1) is 18.8 Å². The fourth-order valence-electron chi connectivity index (χ4n) is 7.56. The number of aliphatic hydroxyl groups excluding tert-OH is 1. The number of hydrogen-bond acceptors (Lipinski definition) is 5. The molecule has 0 radical (unpaired) electrons. The van der Waals surface area contributed by atoms with Crippen LogP contribution in [-0.2, 0) is 4.79 Å². The molecule has 0 aromatic heterocycles. The van der Waals surface area contributed by atoms with Crippen molar-refractivity contribution in [3.05, 3.63) is 64.8 Å². The normalized spacial score (nSPS) is 34.5. The minimum atomic E-state index is -0.908. The molecule has 0 spiro atoms. The summed E-state index contributed by atoms with van der Waals surface area (Å²) in [6.45, 7) is 2.93. The van der Waals surface area contributed by atoms with E-state index in [1.54, 1.807) is 17.8 Å². The highest BCUT2D eigenvalue weighted by molar-refractivity contribution is 7.98. The van der Waals surface area contributed by atoms with Crippen LogP contribution in [0.2, 0.25) is 0 Å². The summed E-state index contributed by atoms with van der Waals surface area (Å²) in [4.78, 5) is 12.2. The van der Waals surface area contributed by atoms with Gasteiger partial charge in [0.25, 0.3) is 0 Å². The Morgan fingerprint density at radius 2 is 1.97 bits per heavy atom. The van der Waals surface area contributed by atoms with Crippen molar-refractivity contribution < 1.29 is 19.7 Å². The van der Waals surface area contributed by atoms with Crippen molar-refractivity contribution in [1.29, 1.82) is 0 Å². The van der Waals surface area contributed by atoms with Gasteiger partial charge >= 0.3 is 0 Å². The first-order valence-corrected chi connectivity index (χ1v) is 14.5. The van der Waals surface area contributed by atoms with E-state index in [2.05, 4.69) is 37.4 Å². The molecule has 2 N–H and O–H groups in total. The molecule has 2 saturated carbocycles. The number of carbonyl (C=O) groups excluding carboxylic acids is 1. The molecule has 2 fully saturated rings. The minimum absolute atomic E-state index is 0.0502. The second kappa shape index (κ2) is 9.91. The van der Waals surface area contributed by atoms with Crippen LogP contribution in [0.1, 0.15) is 63.4 Å². The van der Waals surface area contributed by atoms with E-state index in [9.17, 15) is 15.0 Å². The van der Waals surface area contributed by atoms with Crippen LogP contribution in [-0.4, -0.2) is 46.8 Å². The van der Waals surface area contributed by atoms with Crippen molar-refractivity contribution in [2.45, 2.75) is 63.4 Å². The van der Waals surface area contributed by atoms with Gasteiger partial charge in [-0.3, -0.25) is 4.79 Å². The van der Waals surface area contributed by atoms with E-state index in [-0.39, 0.29) is 23.7 Å². The first-order valence-electron chi connectivity index (χ1n) is 13.1. The zero-order valence-corrected chi connectivity index (χ0v) is 21.8. The van der Waals surface area contributed by atoms with Crippen LogP contribution in [0.5, 0.6) is 5.75 Å². The molecule has 4 aliphatic rings.